The molecule has 1 rings (SSSR count). The average Bonchev–Trinajstić information content (AvgIpc) is 2.42. The summed E-state index contributed by atoms with van der Waals surface area (Å²) in [6, 6.07) is 7.62. The summed E-state index contributed by atoms with van der Waals surface area (Å²) in [6.07, 6.45) is 3.11. The van der Waals surface area contributed by atoms with E-state index in [0.29, 0.717) is 19.4 Å². The number of rotatable bonds is 8. The Bertz CT molecular complexity index is 393. The lowest BCUT2D eigenvalue weighted by Crippen LogP contribution is -2.34. The largest absolute Gasteiger partial charge is 0.399 e. The van der Waals surface area contributed by atoms with Gasteiger partial charge < -0.3 is 15.7 Å². The van der Waals surface area contributed by atoms with Gasteiger partial charge in [0.25, 0.3) is 0 Å². The van der Waals surface area contributed by atoms with Gasteiger partial charge in [-0.25, -0.2) is 0 Å². The van der Waals surface area contributed by atoms with E-state index in [1.165, 1.54) is 0 Å². The van der Waals surface area contributed by atoms with E-state index in [0.717, 1.165) is 30.6 Å². The monoisotopic (exact) mass is 264 g/mol. The van der Waals surface area contributed by atoms with Crippen LogP contribution in [0.5, 0.6) is 0 Å². The third-order valence-electron chi connectivity index (χ3n) is 3.17. The molecule has 1 aromatic carbocycles. The lowest BCUT2D eigenvalue weighted by molar-refractivity contribution is -0.131. The summed E-state index contributed by atoms with van der Waals surface area (Å²) in [7, 11) is 0. The fourth-order valence-electron chi connectivity index (χ4n) is 1.99. The van der Waals surface area contributed by atoms with E-state index in [2.05, 4.69) is 6.92 Å². The molecule has 0 saturated heterocycles. The first-order chi connectivity index (χ1) is 9.19. The number of anilines is 1. The Hall–Kier alpha value is -1.55. The molecular formula is C15H24N2O2. The first-order valence-corrected chi connectivity index (χ1v) is 6.91. The van der Waals surface area contributed by atoms with Crippen LogP contribution in [-0.4, -0.2) is 35.6 Å². The molecular weight excluding hydrogens is 240 g/mol. The molecule has 0 saturated carbocycles. The number of hydrogen-bond acceptors (Lipinski definition) is 3. The van der Waals surface area contributed by atoms with Gasteiger partial charge >= 0.3 is 0 Å². The summed E-state index contributed by atoms with van der Waals surface area (Å²) < 4.78 is 0. The van der Waals surface area contributed by atoms with Crippen molar-refractivity contribution in [3.8, 4) is 0 Å². The second-order valence-electron chi connectivity index (χ2n) is 4.66. The van der Waals surface area contributed by atoms with Gasteiger partial charge in [0.2, 0.25) is 5.91 Å². The van der Waals surface area contributed by atoms with Crippen molar-refractivity contribution < 1.29 is 9.90 Å². The number of para-hydroxylation sites is 1. The molecule has 0 aliphatic heterocycles. The molecule has 0 bridgehead atoms. The zero-order valence-corrected chi connectivity index (χ0v) is 11.6. The molecule has 19 heavy (non-hydrogen) atoms. The highest BCUT2D eigenvalue weighted by Gasteiger charge is 2.12. The molecule has 0 fully saturated rings. The van der Waals surface area contributed by atoms with Crippen LogP contribution >= 0.6 is 0 Å². The smallest absolute Gasteiger partial charge is 0.222 e. The molecule has 0 atom stereocenters. The predicted molar refractivity (Wildman–Crippen MR) is 77.7 cm³/mol. The van der Waals surface area contributed by atoms with E-state index in [4.69, 9.17) is 10.8 Å². The molecule has 0 spiro atoms. The van der Waals surface area contributed by atoms with E-state index in [9.17, 15) is 4.79 Å². The molecule has 0 heterocycles. The van der Waals surface area contributed by atoms with Crippen molar-refractivity contribution in [3.05, 3.63) is 29.8 Å². The van der Waals surface area contributed by atoms with E-state index in [-0.39, 0.29) is 12.5 Å². The summed E-state index contributed by atoms with van der Waals surface area (Å²) in [6.45, 7) is 3.25. The number of carbonyl (C=O) groups is 1. The number of nitrogen functional groups attached to an aromatic ring is 1. The molecule has 1 amide bonds. The molecule has 0 radical (unpaired) electrons. The van der Waals surface area contributed by atoms with Crippen molar-refractivity contribution >= 4 is 11.6 Å². The highest BCUT2D eigenvalue weighted by atomic mass is 16.3. The molecule has 0 aromatic heterocycles. The van der Waals surface area contributed by atoms with Crippen LogP contribution < -0.4 is 5.73 Å². The van der Waals surface area contributed by atoms with Crippen molar-refractivity contribution in [2.24, 2.45) is 0 Å². The minimum atomic E-state index is 0.0168. The topological polar surface area (TPSA) is 66.6 Å². The molecule has 0 aliphatic rings. The zero-order valence-electron chi connectivity index (χ0n) is 11.6. The number of hydrogen-bond donors (Lipinski definition) is 2. The number of aryl methyl sites for hydroxylation is 1. The Morgan fingerprint density at radius 1 is 1.32 bits per heavy atom. The first-order valence-electron chi connectivity index (χ1n) is 6.91. The second-order valence-corrected chi connectivity index (χ2v) is 4.66. The van der Waals surface area contributed by atoms with Crippen LogP contribution in [-0.2, 0) is 11.2 Å². The van der Waals surface area contributed by atoms with Gasteiger partial charge in [0, 0.05) is 25.2 Å². The molecule has 4 heteroatoms. The normalized spacial score (nSPS) is 10.4. The van der Waals surface area contributed by atoms with E-state index in [1.54, 1.807) is 4.90 Å². The van der Waals surface area contributed by atoms with Crippen LogP contribution in [0, 0.1) is 0 Å². The Morgan fingerprint density at radius 2 is 2.05 bits per heavy atom. The zero-order chi connectivity index (χ0) is 14.1. The standard InChI is InChI=1S/C15H24N2O2/c1-2-3-10-17(11-12-18)15(19)9-8-13-6-4-5-7-14(13)16/h4-7,18H,2-3,8-12,16H2,1H3. The highest BCUT2D eigenvalue weighted by molar-refractivity contribution is 5.76. The predicted octanol–water partition coefficient (Wildman–Crippen LogP) is 1.82. The Kier molecular flexibility index (Phi) is 6.97. The van der Waals surface area contributed by atoms with Gasteiger partial charge in [-0.2, -0.15) is 0 Å². The average molecular weight is 264 g/mol. The highest BCUT2D eigenvalue weighted by Crippen LogP contribution is 2.13. The van der Waals surface area contributed by atoms with Crippen LogP contribution in [0.15, 0.2) is 24.3 Å². The van der Waals surface area contributed by atoms with Crippen molar-refractivity contribution in [1.29, 1.82) is 0 Å². The van der Waals surface area contributed by atoms with Crippen LogP contribution in [0.4, 0.5) is 5.69 Å². The van der Waals surface area contributed by atoms with Crippen molar-refractivity contribution in [2.45, 2.75) is 32.6 Å². The molecule has 3 N–H and O–H groups in total. The van der Waals surface area contributed by atoms with E-state index >= 15 is 0 Å². The van der Waals surface area contributed by atoms with Gasteiger partial charge in [0.05, 0.1) is 6.61 Å². The number of nitrogens with zero attached hydrogens (tertiary/aromatic N) is 1. The summed E-state index contributed by atoms with van der Waals surface area (Å²) in [4.78, 5) is 13.8. The maximum atomic E-state index is 12.1. The molecule has 0 aliphatic carbocycles. The van der Waals surface area contributed by atoms with E-state index < -0.39 is 0 Å². The lowest BCUT2D eigenvalue weighted by atomic mass is 10.1. The van der Waals surface area contributed by atoms with Gasteiger partial charge in [0.15, 0.2) is 0 Å². The minimum absolute atomic E-state index is 0.0168. The minimum Gasteiger partial charge on any atom is -0.399 e. The van der Waals surface area contributed by atoms with Crippen LogP contribution in [0.25, 0.3) is 0 Å². The Labute approximate surface area is 115 Å². The van der Waals surface area contributed by atoms with Gasteiger partial charge in [-0.3, -0.25) is 4.79 Å². The van der Waals surface area contributed by atoms with Crippen LogP contribution in [0.1, 0.15) is 31.7 Å². The lowest BCUT2D eigenvalue weighted by Gasteiger charge is -2.21. The second kappa shape index (κ2) is 8.53. The third kappa shape index (κ3) is 5.30. The van der Waals surface area contributed by atoms with Crippen LogP contribution in [0.2, 0.25) is 0 Å². The number of carbonyl (C=O) groups excluding carboxylic acids is 1. The maximum absolute atomic E-state index is 12.1. The fraction of sp³-hybridized carbons (Fsp3) is 0.533. The summed E-state index contributed by atoms with van der Waals surface area (Å²) in [5, 5.41) is 9.00. The van der Waals surface area contributed by atoms with Gasteiger partial charge in [0.1, 0.15) is 0 Å². The number of aliphatic hydroxyl groups excluding tert-OH is 1. The quantitative estimate of drug-likeness (QED) is 0.704. The van der Waals surface area contributed by atoms with Gasteiger partial charge in [-0.05, 0) is 24.5 Å². The number of benzene rings is 1. The number of nitrogens with two attached hydrogens (primary N) is 1. The first kappa shape index (κ1) is 15.5. The van der Waals surface area contributed by atoms with Crippen molar-refractivity contribution in [3.63, 3.8) is 0 Å². The van der Waals surface area contributed by atoms with Crippen molar-refractivity contribution in [2.75, 3.05) is 25.4 Å². The Morgan fingerprint density at radius 3 is 2.68 bits per heavy atom. The number of amides is 1. The molecule has 1 aromatic rings. The van der Waals surface area contributed by atoms with Gasteiger partial charge in [-0.1, -0.05) is 31.5 Å². The Balaban J connectivity index is 2.50. The van der Waals surface area contributed by atoms with Gasteiger partial charge in [-0.15, -0.1) is 0 Å². The summed E-state index contributed by atoms with van der Waals surface area (Å²) >= 11 is 0. The summed E-state index contributed by atoms with van der Waals surface area (Å²) in [5.41, 5.74) is 7.60. The number of aliphatic hydroxyl groups is 1. The third-order valence-corrected chi connectivity index (χ3v) is 3.17. The number of unbranched alkanes of at least 4 members (excludes halogenated alkanes) is 1. The summed E-state index contributed by atoms with van der Waals surface area (Å²) in [5.74, 6) is 0.0887. The van der Waals surface area contributed by atoms with Crippen molar-refractivity contribution in [1.82, 2.24) is 4.90 Å². The van der Waals surface area contributed by atoms with Crippen LogP contribution in [0.3, 0.4) is 0 Å². The van der Waals surface area contributed by atoms with E-state index in [1.807, 2.05) is 24.3 Å². The molecule has 0 unspecified atom stereocenters. The SMILES string of the molecule is CCCCN(CCO)C(=O)CCc1ccccc1N. The maximum Gasteiger partial charge on any atom is 0.222 e. The molecule has 106 valence electrons. The molecule has 4 nitrogen and oxygen atoms in total. The fourth-order valence-corrected chi connectivity index (χ4v) is 1.99.